The normalized spacial score (nSPS) is 11.6. The molecule has 0 aliphatic rings. The SMILES string of the molecule is CC(C)Nc1ncc(-c2cc(N)cc(C(=O)O)c2)n(CC(=O)NCc2ccc(C(N)=NC(O)O)cc2)c1=O. The Morgan fingerprint density at radius 3 is 2.39 bits per heavy atom. The van der Waals surface area contributed by atoms with Crippen molar-refractivity contribution in [3.63, 3.8) is 0 Å². The third-order valence-corrected chi connectivity index (χ3v) is 5.27. The Morgan fingerprint density at radius 2 is 1.79 bits per heavy atom. The summed E-state index contributed by atoms with van der Waals surface area (Å²) >= 11 is 0. The summed E-state index contributed by atoms with van der Waals surface area (Å²) in [6, 6.07) is 10.6. The minimum Gasteiger partial charge on any atom is -0.478 e. The van der Waals surface area contributed by atoms with Gasteiger partial charge in [-0.05, 0) is 37.6 Å². The Bertz CT molecular complexity index is 1410. The van der Waals surface area contributed by atoms with Gasteiger partial charge in [0.15, 0.2) is 5.82 Å². The van der Waals surface area contributed by atoms with E-state index in [1.165, 1.54) is 29.0 Å². The molecule has 200 valence electrons. The minimum atomic E-state index is -1.92. The lowest BCUT2D eigenvalue weighted by atomic mass is 10.1. The third kappa shape index (κ3) is 7.15. The Hall–Kier alpha value is -4.75. The fourth-order valence-electron chi connectivity index (χ4n) is 3.56. The Kier molecular flexibility index (Phi) is 8.78. The molecule has 13 heteroatoms. The topological polar surface area (TPSA) is 218 Å². The lowest BCUT2D eigenvalue weighted by molar-refractivity contribution is -0.121. The highest BCUT2D eigenvalue weighted by Crippen LogP contribution is 2.23. The summed E-state index contributed by atoms with van der Waals surface area (Å²) in [6.07, 6.45) is -0.539. The number of aromatic carboxylic acids is 1. The number of nitrogens with two attached hydrogens (primary N) is 2. The van der Waals surface area contributed by atoms with Gasteiger partial charge in [0.1, 0.15) is 12.4 Å². The first-order chi connectivity index (χ1) is 17.9. The fourth-order valence-corrected chi connectivity index (χ4v) is 3.56. The molecule has 9 N–H and O–H groups in total. The molecule has 0 spiro atoms. The van der Waals surface area contributed by atoms with Gasteiger partial charge in [0.05, 0.1) is 17.5 Å². The van der Waals surface area contributed by atoms with Crippen LogP contribution in [0.5, 0.6) is 0 Å². The number of carbonyl (C=O) groups is 2. The van der Waals surface area contributed by atoms with Gasteiger partial charge in [0, 0.05) is 29.4 Å². The number of anilines is 2. The molecule has 0 saturated carbocycles. The van der Waals surface area contributed by atoms with E-state index in [1.807, 2.05) is 13.8 Å². The van der Waals surface area contributed by atoms with Gasteiger partial charge in [-0.3, -0.25) is 14.2 Å². The zero-order chi connectivity index (χ0) is 28.0. The Morgan fingerprint density at radius 1 is 1.11 bits per heavy atom. The molecule has 3 aromatic rings. The van der Waals surface area contributed by atoms with Crippen LogP contribution in [0.25, 0.3) is 11.3 Å². The van der Waals surface area contributed by atoms with Crippen molar-refractivity contribution < 1.29 is 24.9 Å². The van der Waals surface area contributed by atoms with E-state index in [0.717, 1.165) is 0 Å². The van der Waals surface area contributed by atoms with E-state index in [9.17, 15) is 19.5 Å². The van der Waals surface area contributed by atoms with Crippen LogP contribution in [0.4, 0.5) is 11.5 Å². The second-order valence-corrected chi connectivity index (χ2v) is 8.67. The van der Waals surface area contributed by atoms with Gasteiger partial charge in [0.25, 0.3) is 12.0 Å². The minimum absolute atomic E-state index is 0.0433. The number of carboxylic acids is 1. The van der Waals surface area contributed by atoms with Gasteiger partial charge >= 0.3 is 5.97 Å². The lowest BCUT2D eigenvalue weighted by Crippen LogP contribution is -2.35. The molecule has 1 aromatic heterocycles. The number of carboxylic acid groups (broad SMARTS) is 1. The molecular formula is C25H29N7O6. The highest BCUT2D eigenvalue weighted by atomic mass is 16.5. The molecule has 2 aromatic carbocycles. The predicted molar refractivity (Wildman–Crippen MR) is 141 cm³/mol. The molecule has 0 fully saturated rings. The largest absolute Gasteiger partial charge is 0.478 e. The number of rotatable bonds is 10. The molecule has 0 saturated heterocycles. The van der Waals surface area contributed by atoms with Crippen LogP contribution in [0.15, 0.2) is 58.4 Å². The maximum atomic E-state index is 13.2. The van der Waals surface area contributed by atoms with E-state index >= 15 is 0 Å². The second kappa shape index (κ2) is 12.0. The summed E-state index contributed by atoms with van der Waals surface area (Å²) in [6.45, 7) is 3.43. The average Bonchev–Trinajstić information content (AvgIpc) is 2.84. The molecule has 38 heavy (non-hydrogen) atoms. The summed E-state index contributed by atoms with van der Waals surface area (Å²) in [4.78, 5) is 45.3. The third-order valence-electron chi connectivity index (χ3n) is 5.27. The number of hydrogen-bond acceptors (Lipinski definition) is 9. The van der Waals surface area contributed by atoms with E-state index in [-0.39, 0.29) is 47.7 Å². The molecule has 0 unspecified atom stereocenters. The highest BCUT2D eigenvalue weighted by molar-refractivity contribution is 5.97. The second-order valence-electron chi connectivity index (χ2n) is 8.67. The van der Waals surface area contributed by atoms with Gasteiger partial charge in [0.2, 0.25) is 5.91 Å². The maximum absolute atomic E-state index is 13.2. The van der Waals surface area contributed by atoms with Crippen LogP contribution in [0.1, 0.15) is 35.3 Å². The molecule has 0 aliphatic heterocycles. The molecular weight excluding hydrogens is 494 g/mol. The number of carbonyl (C=O) groups excluding carboxylic acids is 1. The number of hydrogen-bond donors (Lipinski definition) is 7. The van der Waals surface area contributed by atoms with Crippen molar-refractivity contribution in [1.82, 2.24) is 14.9 Å². The van der Waals surface area contributed by atoms with E-state index in [4.69, 9.17) is 21.7 Å². The number of aliphatic hydroxyl groups is 2. The molecule has 13 nitrogen and oxygen atoms in total. The number of amides is 1. The fraction of sp³-hybridized carbons (Fsp3) is 0.240. The van der Waals surface area contributed by atoms with E-state index in [2.05, 4.69) is 20.6 Å². The van der Waals surface area contributed by atoms with Gasteiger partial charge in [-0.15, -0.1) is 0 Å². The molecule has 1 amide bonds. The first-order valence-electron chi connectivity index (χ1n) is 11.5. The number of aliphatic imine (C=N–C) groups is 1. The first-order valence-corrected chi connectivity index (χ1v) is 11.5. The standard InChI is InChI=1S/C25H29N7O6/c1-13(2)30-22-23(34)32(19(11-29-22)16-7-17(24(35)36)9-18(26)8-16)12-20(33)28-10-14-3-5-15(6-4-14)21(27)31-25(37)38/h3-9,11,13,25,37-38H,10,12,26H2,1-2H3,(H2,27,31)(H,28,33)(H,29,30)(H,35,36). The number of aromatic nitrogens is 2. The van der Waals surface area contributed by atoms with Crippen molar-refractivity contribution in [1.29, 1.82) is 0 Å². The zero-order valence-electron chi connectivity index (χ0n) is 20.8. The van der Waals surface area contributed by atoms with Crippen molar-refractivity contribution in [2.24, 2.45) is 10.7 Å². The number of nitrogens with zero attached hydrogens (tertiary/aromatic N) is 3. The Labute approximate surface area is 217 Å². The van der Waals surface area contributed by atoms with E-state index < -0.39 is 23.8 Å². The van der Waals surface area contributed by atoms with Crippen LogP contribution in [-0.2, 0) is 17.9 Å². The lowest BCUT2D eigenvalue weighted by Gasteiger charge is -2.17. The highest BCUT2D eigenvalue weighted by Gasteiger charge is 2.17. The summed E-state index contributed by atoms with van der Waals surface area (Å²) < 4.78 is 1.20. The number of benzene rings is 2. The first kappa shape index (κ1) is 27.8. The molecule has 0 bridgehead atoms. The molecule has 0 radical (unpaired) electrons. The summed E-state index contributed by atoms with van der Waals surface area (Å²) in [7, 11) is 0. The quantitative estimate of drug-likeness (QED) is 0.0834. The Balaban J connectivity index is 1.87. The smallest absolute Gasteiger partial charge is 0.335 e. The number of nitrogen functional groups attached to an aromatic ring is 1. The zero-order valence-corrected chi connectivity index (χ0v) is 20.8. The summed E-state index contributed by atoms with van der Waals surface area (Å²) in [5.74, 6) is -1.69. The summed E-state index contributed by atoms with van der Waals surface area (Å²) in [5, 5.41) is 32.9. The van der Waals surface area contributed by atoms with Crippen LogP contribution in [0, 0.1) is 0 Å². The number of aliphatic hydroxyl groups excluding tert-OH is 1. The predicted octanol–water partition coefficient (Wildman–Crippen LogP) is 0.301. The van der Waals surface area contributed by atoms with Gasteiger partial charge in [-0.25, -0.2) is 14.8 Å². The molecule has 3 rings (SSSR count). The summed E-state index contributed by atoms with van der Waals surface area (Å²) in [5.41, 5.74) is 12.8. The van der Waals surface area contributed by atoms with Crippen molar-refractivity contribution in [3.05, 3.63) is 75.7 Å². The van der Waals surface area contributed by atoms with Gasteiger partial charge < -0.3 is 37.4 Å². The average molecular weight is 524 g/mol. The van der Waals surface area contributed by atoms with Crippen molar-refractivity contribution in [2.45, 2.75) is 39.4 Å². The monoisotopic (exact) mass is 523 g/mol. The van der Waals surface area contributed by atoms with Crippen LogP contribution in [0.3, 0.4) is 0 Å². The van der Waals surface area contributed by atoms with Crippen LogP contribution in [-0.4, -0.2) is 55.0 Å². The van der Waals surface area contributed by atoms with Crippen molar-refractivity contribution in [3.8, 4) is 11.3 Å². The van der Waals surface area contributed by atoms with E-state index in [1.54, 1.807) is 24.3 Å². The molecule has 0 atom stereocenters. The number of amidine groups is 1. The van der Waals surface area contributed by atoms with Crippen LogP contribution >= 0.6 is 0 Å². The van der Waals surface area contributed by atoms with Gasteiger partial charge in [-0.2, -0.15) is 0 Å². The number of nitrogens with one attached hydrogen (secondary N) is 2. The van der Waals surface area contributed by atoms with Gasteiger partial charge in [-0.1, -0.05) is 24.3 Å². The van der Waals surface area contributed by atoms with E-state index in [0.29, 0.717) is 16.7 Å². The van der Waals surface area contributed by atoms with Crippen LogP contribution in [0.2, 0.25) is 0 Å². The molecule has 1 heterocycles. The van der Waals surface area contributed by atoms with Crippen molar-refractivity contribution in [2.75, 3.05) is 11.1 Å². The van der Waals surface area contributed by atoms with Crippen LogP contribution < -0.4 is 27.7 Å². The molecule has 0 aliphatic carbocycles. The maximum Gasteiger partial charge on any atom is 0.335 e. The van der Waals surface area contributed by atoms with Crippen molar-refractivity contribution >= 4 is 29.2 Å².